The Morgan fingerprint density at radius 1 is 1.15 bits per heavy atom. The summed E-state index contributed by atoms with van der Waals surface area (Å²) < 4.78 is 17.4. The summed E-state index contributed by atoms with van der Waals surface area (Å²) >= 11 is 0. The third kappa shape index (κ3) is 3.88. The van der Waals surface area contributed by atoms with Gasteiger partial charge in [0.15, 0.2) is 5.76 Å². The molecule has 0 unspecified atom stereocenters. The number of ketones is 1. The highest BCUT2D eigenvalue weighted by Gasteiger charge is 2.33. The molecule has 0 aliphatic carbocycles. The Morgan fingerprint density at radius 3 is 2.76 bits per heavy atom. The molecule has 0 fully saturated rings. The lowest BCUT2D eigenvalue weighted by molar-refractivity contribution is -0.384. The highest BCUT2D eigenvalue weighted by Crippen LogP contribution is 2.43. The predicted octanol–water partition coefficient (Wildman–Crippen LogP) is 4.88. The van der Waals surface area contributed by atoms with Crippen molar-refractivity contribution >= 4 is 17.5 Å². The molecule has 3 aromatic carbocycles. The fourth-order valence-corrected chi connectivity index (χ4v) is 4.35. The minimum atomic E-state index is -0.472. The minimum Gasteiger partial charge on any atom is -0.496 e. The van der Waals surface area contributed by atoms with Gasteiger partial charge in [-0.1, -0.05) is 30.3 Å². The Labute approximate surface area is 196 Å². The lowest BCUT2D eigenvalue weighted by Crippen LogP contribution is -2.32. The third-order valence-electron chi connectivity index (χ3n) is 5.97. The summed E-state index contributed by atoms with van der Waals surface area (Å²) in [7, 11) is 1.65. The molecule has 2 aliphatic heterocycles. The van der Waals surface area contributed by atoms with Crippen molar-refractivity contribution in [1.82, 2.24) is 4.90 Å². The van der Waals surface area contributed by atoms with Gasteiger partial charge in [-0.05, 0) is 30.7 Å². The van der Waals surface area contributed by atoms with Crippen LogP contribution in [0.1, 0.15) is 32.6 Å². The fourth-order valence-electron chi connectivity index (χ4n) is 4.35. The topological polar surface area (TPSA) is 91.1 Å². The Hall–Kier alpha value is -4.17. The molecule has 0 bridgehead atoms. The minimum absolute atomic E-state index is 0.0486. The van der Waals surface area contributed by atoms with E-state index in [9.17, 15) is 14.9 Å². The number of Topliss-reactive ketones (excluding diaryl/α,β-unsaturated/α-hetero) is 1. The average Bonchev–Trinajstić information content (AvgIpc) is 3.15. The largest absolute Gasteiger partial charge is 0.496 e. The van der Waals surface area contributed by atoms with Crippen molar-refractivity contribution < 1.29 is 23.9 Å². The van der Waals surface area contributed by atoms with Crippen LogP contribution >= 0.6 is 0 Å². The molecule has 8 heteroatoms. The fraction of sp³-hybridized carbons (Fsp3) is 0.192. The number of hydrogen-bond donors (Lipinski definition) is 0. The van der Waals surface area contributed by atoms with Crippen molar-refractivity contribution in [3.63, 3.8) is 0 Å². The van der Waals surface area contributed by atoms with Crippen molar-refractivity contribution in [2.24, 2.45) is 0 Å². The molecule has 34 heavy (non-hydrogen) atoms. The second-order valence-corrected chi connectivity index (χ2v) is 8.23. The standard InChI is InChI=1S/C26H22N2O6/c1-16-25-19(14-27(15-33-25)13-18-7-3-4-9-22(18)32-2)12-21-24(29)23(34-26(16)21)11-17-6-5-8-20(10-17)28(30)31/h3-12H,13-15H2,1-2H3/b23-11-. The number of nitro groups is 1. The number of allylic oxidation sites excluding steroid dienone is 1. The molecule has 2 heterocycles. The van der Waals surface area contributed by atoms with E-state index in [0.29, 0.717) is 36.7 Å². The zero-order chi connectivity index (χ0) is 23.8. The van der Waals surface area contributed by atoms with E-state index in [1.165, 1.54) is 18.2 Å². The number of rotatable bonds is 5. The van der Waals surface area contributed by atoms with Crippen LogP contribution in [0.25, 0.3) is 6.08 Å². The first-order valence-corrected chi connectivity index (χ1v) is 10.8. The highest BCUT2D eigenvalue weighted by molar-refractivity contribution is 6.15. The molecular weight excluding hydrogens is 436 g/mol. The van der Waals surface area contributed by atoms with E-state index in [-0.39, 0.29) is 17.2 Å². The van der Waals surface area contributed by atoms with Crippen molar-refractivity contribution in [2.45, 2.75) is 20.0 Å². The van der Waals surface area contributed by atoms with E-state index in [0.717, 1.165) is 28.2 Å². The molecule has 3 aromatic rings. The predicted molar refractivity (Wildman–Crippen MR) is 125 cm³/mol. The summed E-state index contributed by atoms with van der Waals surface area (Å²) in [4.78, 5) is 25.8. The van der Waals surface area contributed by atoms with Gasteiger partial charge in [0.2, 0.25) is 5.78 Å². The van der Waals surface area contributed by atoms with E-state index < -0.39 is 4.92 Å². The number of methoxy groups -OCH3 is 1. The molecule has 8 nitrogen and oxygen atoms in total. The van der Waals surface area contributed by atoms with Crippen LogP contribution < -0.4 is 14.2 Å². The SMILES string of the molecule is COc1ccccc1CN1COc2c(cc3c(c2C)O/C(=C\c2cccc([N+](=O)[O-])c2)C3=O)C1. The van der Waals surface area contributed by atoms with Crippen LogP contribution in [0.15, 0.2) is 60.4 Å². The van der Waals surface area contributed by atoms with Crippen LogP contribution in [0.3, 0.4) is 0 Å². The van der Waals surface area contributed by atoms with Crippen LogP contribution in [0.5, 0.6) is 17.2 Å². The van der Waals surface area contributed by atoms with Crippen molar-refractivity contribution in [2.75, 3.05) is 13.8 Å². The second-order valence-electron chi connectivity index (χ2n) is 8.23. The maximum absolute atomic E-state index is 13.1. The maximum atomic E-state index is 13.1. The number of ether oxygens (including phenoxy) is 3. The molecule has 0 amide bonds. The number of hydrogen-bond acceptors (Lipinski definition) is 7. The van der Waals surface area contributed by atoms with E-state index in [1.807, 2.05) is 37.3 Å². The molecule has 0 saturated heterocycles. The van der Waals surface area contributed by atoms with Crippen molar-refractivity contribution in [1.29, 1.82) is 0 Å². The monoisotopic (exact) mass is 458 g/mol. The molecule has 0 spiro atoms. The van der Waals surface area contributed by atoms with Crippen LogP contribution in [0.2, 0.25) is 0 Å². The summed E-state index contributed by atoms with van der Waals surface area (Å²) in [5.74, 6) is 1.89. The smallest absolute Gasteiger partial charge is 0.270 e. The molecular formula is C26H22N2O6. The summed E-state index contributed by atoms with van der Waals surface area (Å²) in [6.45, 7) is 3.52. The van der Waals surface area contributed by atoms with E-state index >= 15 is 0 Å². The number of benzene rings is 3. The number of carbonyl (C=O) groups is 1. The normalized spacial score (nSPS) is 15.9. The van der Waals surface area contributed by atoms with Gasteiger partial charge in [0.25, 0.3) is 5.69 Å². The number of carbonyl (C=O) groups excluding carboxylic acids is 1. The molecule has 0 atom stereocenters. The van der Waals surface area contributed by atoms with Gasteiger partial charge in [0, 0.05) is 41.9 Å². The van der Waals surface area contributed by atoms with E-state index in [4.69, 9.17) is 14.2 Å². The Morgan fingerprint density at radius 2 is 1.97 bits per heavy atom. The molecule has 172 valence electrons. The quantitative estimate of drug-likeness (QED) is 0.306. The summed E-state index contributed by atoms with van der Waals surface area (Å²) in [5.41, 5.74) is 3.66. The third-order valence-corrected chi connectivity index (χ3v) is 5.97. The van der Waals surface area contributed by atoms with Gasteiger partial charge in [-0.15, -0.1) is 0 Å². The highest BCUT2D eigenvalue weighted by atomic mass is 16.6. The zero-order valence-corrected chi connectivity index (χ0v) is 18.7. The number of fused-ring (bicyclic) bond motifs is 2. The van der Waals surface area contributed by atoms with Crippen LogP contribution in [-0.2, 0) is 13.1 Å². The Kier molecular flexibility index (Phi) is 5.51. The van der Waals surface area contributed by atoms with Crippen LogP contribution in [0.4, 0.5) is 5.69 Å². The molecule has 0 N–H and O–H groups in total. The first-order chi connectivity index (χ1) is 16.4. The lowest BCUT2D eigenvalue weighted by atomic mass is 9.99. The lowest BCUT2D eigenvalue weighted by Gasteiger charge is -2.30. The van der Waals surface area contributed by atoms with Gasteiger partial charge in [-0.3, -0.25) is 19.8 Å². The van der Waals surface area contributed by atoms with Gasteiger partial charge in [-0.2, -0.15) is 0 Å². The van der Waals surface area contributed by atoms with Crippen molar-refractivity contribution in [3.8, 4) is 17.2 Å². The molecule has 0 radical (unpaired) electrons. The summed E-state index contributed by atoms with van der Waals surface area (Å²) in [5, 5.41) is 11.1. The van der Waals surface area contributed by atoms with E-state index in [1.54, 1.807) is 19.2 Å². The van der Waals surface area contributed by atoms with Gasteiger partial charge in [-0.25, -0.2) is 0 Å². The number of nitro benzene ring substituents is 1. The number of para-hydroxylation sites is 1. The molecule has 2 aliphatic rings. The average molecular weight is 458 g/mol. The first kappa shape index (κ1) is 21.7. The zero-order valence-electron chi connectivity index (χ0n) is 18.7. The van der Waals surface area contributed by atoms with E-state index in [2.05, 4.69) is 4.90 Å². The van der Waals surface area contributed by atoms with Crippen LogP contribution in [0, 0.1) is 17.0 Å². The molecule has 0 saturated carbocycles. The summed E-state index contributed by atoms with van der Waals surface area (Å²) in [6.07, 6.45) is 1.53. The van der Waals surface area contributed by atoms with Crippen molar-refractivity contribution in [3.05, 3.63) is 98.3 Å². The molecule has 5 rings (SSSR count). The molecule has 0 aromatic heterocycles. The van der Waals surface area contributed by atoms with Gasteiger partial charge in [0.1, 0.15) is 24.0 Å². The summed E-state index contributed by atoms with van der Waals surface area (Å²) in [6, 6.07) is 15.7. The van der Waals surface area contributed by atoms with Crippen LogP contribution in [-0.4, -0.2) is 29.4 Å². The Bertz CT molecular complexity index is 1350. The number of nitrogens with zero attached hydrogens (tertiary/aromatic N) is 2. The van der Waals surface area contributed by atoms with Gasteiger partial charge >= 0.3 is 0 Å². The van der Waals surface area contributed by atoms with Gasteiger partial charge < -0.3 is 14.2 Å². The van der Waals surface area contributed by atoms with Gasteiger partial charge in [0.05, 0.1) is 17.6 Å². The second kappa shape index (κ2) is 8.64. The number of non-ortho nitro benzene ring substituents is 1. The maximum Gasteiger partial charge on any atom is 0.270 e. The Balaban J connectivity index is 1.42. The first-order valence-electron chi connectivity index (χ1n) is 10.8.